The van der Waals surface area contributed by atoms with E-state index in [1.54, 1.807) is 6.07 Å². The number of Topliss-reactive ketones (excluding diaryl/α,β-unsaturated/α-hetero) is 2. The van der Waals surface area contributed by atoms with E-state index in [-0.39, 0.29) is 29.0 Å². The average molecular weight is 685 g/mol. The van der Waals surface area contributed by atoms with Crippen LogP contribution < -0.4 is 18.9 Å². The first kappa shape index (κ1) is 34.6. The fourth-order valence-electron chi connectivity index (χ4n) is 7.09. The van der Waals surface area contributed by atoms with Crippen LogP contribution in [0.15, 0.2) is 83.3 Å². The largest absolute Gasteiger partial charge is 0.490 e. The molecule has 0 saturated carbocycles. The zero-order valence-corrected chi connectivity index (χ0v) is 30.0. The Bertz CT molecular complexity index is 1770. The van der Waals surface area contributed by atoms with Gasteiger partial charge in [0.1, 0.15) is 24.7 Å². The number of ketones is 2. The lowest BCUT2D eigenvalue weighted by Crippen LogP contribution is -2.37. The standard InChI is InChI=1S/C41H45ClO7/c1-7-45-32-16-26(14-15-31(32)47-23-25-12-10-9-11-13-25)24-48-39-28(42)17-27(18-33(39)46-8-2)36-37-29(43)19-40(3,4)21-34(37)49-35-22-41(5,6)20-30(44)38(35)36/h9-18,36H,7-8,19-24H2,1-6H3. The summed E-state index contributed by atoms with van der Waals surface area (Å²) in [5.41, 5.74) is 3.25. The first-order valence-corrected chi connectivity index (χ1v) is 17.5. The second-order valence-electron chi connectivity index (χ2n) is 14.6. The van der Waals surface area contributed by atoms with E-state index in [4.69, 9.17) is 35.3 Å². The Balaban J connectivity index is 1.31. The van der Waals surface area contributed by atoms with E-state index in [0.717, 1.165) is 11.1 Å². The Morgan fingerprint density at radius 1 is 0.673 bits per heavy atom. The molecule has 49 heavy (non-hydrogen) atoms. The maximum absolute atomic E-state index is 13.8. The van der Waals surface area contributed by atoms with E-state index in [0.29, 0.717) is 102 Å². The van der Waals surface area contributed by atoms with Crippen molar-refractivity contribution in [3.05, 3.63) is 105 Å². The van der Waals surface area contributed by atoms with Gasteiger partial charge in [0, 0.05) is 42.7 Å². The number of benzene rings is 3. The molecule has 8 heteroatoms. The van der Waals surface area contributed by atoms with Crippen LogP contribution in [0, 0.1) is 10.8 Å². The molecule has 1 heterocycles. The molecule has 3 aliphatic rings. The molecule has 3 aromatic rings. The van der Waals surface area contributed by atoms with Crippen LogP contribution in [0.4, 0.5) is 0 Å². The molecule has 1 aliphatic heterocycles. The van der Waals surface area contributed by atoms with Crippen LogP contribution in [-0.2, 0) is 27.5 Å². The number of carbonyl (C=O) groups excluding carboxylic acids is 2. The molecule has 0 bridgehead atoms. The summed E-state index contributed by atoms with van der Waals surface area (Å²) < 4.78 is 30.9. The van der Waals surface area contributed by atoms with Gasteiger partial charge in [-0.2, -0.15) is 0 Å². The number of hydrogen-bond donors (Lipinski definition) is 0. The first-order chi connectivity index (χ1) is 23.4. The second-order valence-corrected chi connectivity index (χ2v) is 15.0. The SMILES string of the molecule is CCOc1cc(COc2c(Cl)cc(C3C4=C(CC(C)(C)CC4=O)OC4=C3C(=O)CC(C)(C)C4)cc2OCC)ccc1OCc1ccccc1. The van der Waals surface area contributed by atoms with Crippen molar-refractivity contribution in [1.29, 1.82) is 0 Å². The summed E-state index contributed by atoms with van der Waals surface area (Å²) in [4.78, 5) is 27.6. The fourth-order valence-corrected chi connectivity index (χ4v) is 7.36. The van der Waals surface area contributed by atoms with Gasteiger partial charge in [0.05, 0.1) is 18.2 Å². The molecule has 0 radical (unpaired) electrons. The van der Waals surface area contributed by atoms with Crippen LogP contribution >= 0.6 is 11.6 Å². The van der Waals surface area contributed by atoms with Crippen molar-refractivity contribution >= 4 is 23.2 Å². The van der Waals surface area contributed by atoms with Gasteiger partial charge in [0.15, 0.2) is 34.6 Å². The van der Waals surface area contributed by atoms with Gasteiger partial charge in [-0.25, -0.2) is 0 Å². The molecule has 6 rings (SSSR count). The fraction of sp³-hybridized carbons (Fsp3) is 0.415. The molecule has 0 saturated heterocycles. The second kappa shape index (κ2) is 13.9. The van der Waals surface area contributed by atoms with E-state index >= 15 is 0 Å². The Morgan fingerprint density at radius 3 is 1.88 bits per heavy atom. The Kier molecular flexibility index (Phi) is 9.86. The number of halogens is 1. The number of carbonyl (C=O) groups is 2. The number of ether oxygens (including phenoxy) is 5. The minimum absolute atomic E-state index is 0.00357. The highest BCUT2D eigenvalue weighted by Gasteiger charge is 2.48. The maximum atomic E-state index is 13.8. The van der Waals surface area contributed by atoms with Crippen LogP contribution in [0.5, 0.6) is 23.0 Å². The van der Waals surface area contributed by atoms with Crippen LogP contribution in [0.3, 0.4) is 0 Å². The predicted octanol–water partition coefficient (Wildman–Crippen LogP) is 9.70. The van der Waals surface area contributed by atoms with Crippen molar-refractivity contribution in [3.63, 3.8) is 0 Å². The highest BCUT2D eigenvalue weighted by molar-refractivity contribution is 6.32. The van der Waals surface area contributed by atoms with Gasteiger partial charge >= 0.3 is 0 Å². The third kappa shape index (κ3) is 7.52. The third-order valence-electron chi connectivity index (χ3n) is 9.18. The molecule has 0 unspecified atom stereocenters. The first-order valence-electron chi connectivity index (χ1n) is 17.1. The van der Waals surface area contributed by atoms with Crippen LogP contribution in [0.2, 0.25) is 5.02 Å². The van der Waals surface area contributed by atoms with Gasteiger partial charge in [0.25, 0.3) is 0 Å². The number of allylic oxidation sites excluding steroid dienone is 4. The lowest BCUT2D eigenvalue weighted by atomic mass is 9.65. The molecule has 0 fully saturated rings. The van der Waals surface area contributed by atoms with E-state index in [9.17, 15) is 9.59 Å². The Hall–Kier alpha value is -4.23. The minimum atomic E-state index is -0.589. The topological polar surface area (TPSA) is 80.3 Å². The summed E-state index contributed by atoms with van der Waals surface area (Å²) in [6.07, 6.45) is 1.98. The van der Waals surface area contributed by atoms with Gasteiger partial charge in [-0.05, 0) is 65.6 Å². The predicted molar refractivity (Wildman–Crippen MR) is 189 cm³/mol. The van der Waals surface area contributed by atoms with Gasteiger partial charge in [-0.3, -0.25) is 9.59 Å². The molecule has 7 nitrogen and oxygen atoms in total. The van der Waals surface area contributed by atoms with Crippen molar-refractivity contribution in [2.75, 3.05) is 13.2 Å². The molecule has 258 valence electrons. The van der Waals surface area contributed by atoms with Crippen molar-refractivity contribution in [3.8, 4) is 23.0 Å². The number of rotatable bonds is 11. The lowest BCUT2D eigenvalue weighted by molar-refractivity contribution is -0.120. The highest BCUT2D eigenvalue weighted by Crippen LogP contribution is 2.54. The lowest BCUT2D eigenvalue weighted by Gasteiger charge is -2.42. The summed E-state index contributed by atoms with van der Waals surface area (Å²) in [6.45, 7) is 13.6. The molecule has 0 amide bonds. The molecule has 3 aromatic carbocycles. The molecule has 2 aliphatic carbocycles. The van der Waals surface area contributed by atoms with E-state index in [2.05, 4.69) is 27.7 Å². The maximum Gasteiger partial charge on any atom is 0.180 e. The van der Waals surface area contributed by atoms with Crippen molar-refractivity contribution in [2.24, 2.45) is 10.8 Å². The number of hydrogen-bond acceptors (Lipinski definition) is 7. The minimum Gasteiger partial charge on any atom is -0.490 e. The molecule has 0 spiro atoms. The summed E-state index contributed by atoms with van der Waals surface area (Å²) in [5.74, 6) is 2.82. The monoisotopic (exact) mass is 684 g/mol. The van der Waals surface area contributed by atoms with Crippen molar-refractivity contribution in [2.45, 2.75) is 86.4 Å². The van der Waals surface area contributed by atoms with Crippen LogP contribution in [0.1, 0.15) is 89.8 Å². The third-order valence-corrected chi connectivity index (χ3v) is 9.46. The zero-order chi connectivity index (χ0) is 34.9. The van der Waals surface area contributed by atoms with Gasteiger partial charge < -0.3 is 23.7 Å². The zero-order valence-electron chi connectivity index (χ0n) is 29.2. The molecule has 0 atom stereocenters. The summed E-state index contributed by atoms with van der Waals surface area (Å²) >= 11 is 6.99. The summed E-state index contributed by atoms with van der Waals surface area (Å²) in [7, 11) is 0. The molecule has 0 aromatic heterocycles. The average Bonchev–Trinajstić information content (AvgIpc) is 3.02. The molecular formula is C41H45ClO7. The van der Waals surface area contributed by atoms with E-state index in [1.165, 1.54) is 0 Å². The summed E-state index contributed by atoms with van der Waals surface area (Å²) in [6, 6.07) is 19.4. The molecule has 0 N–H and O–H groups in total. The van der Waals surface area contributed by atoms with E-state index < -0.39 is 5.92 Å². The summed E-state index contributed by atoms with van der Waals surface area (Å²) in [5, 5.41) is 0.330. The Morgan fingerprint density at radius 2 is 1.27 bits per heavy atom. The van der Waals surface area contributed by atoms with Crippen molar-refractivity contribution < 1.29 is 33.3 Å². The van der Waals surface area contributed by atoms with Crippen molar-refractivity contribution in [1.82, 2.24) is 0 Å². The van der Waals surface area contributed by atoms with E-state index in [1.807, 2.05) is 68.4 Å². The molecular weight excluding hydrogens is 640 g/mol. The van der Waals surface area contributed by atoms with Gasteiger partial charge in [-0.1, -0.05) is 75.7 Å². The van der Waals surface area contributed by atoms with Gasteiger partial charge in [-0.15, -0.1) is 0 Å². The smallest absolute Gasteiger partial charge is 0.180 e. The normalized spacial score (nSPS) is 18.4. The van der Waals surface area contributed by atoms with Crippen LogP contribution in [-0.4, -0.2) is 24.8 Å². The Labute approximate surface area is 294 Å². The van der Waals surface area contributed by atoms with Crippen LogP contribution in [0.25, 0.3) is 0 Å². The highest BCUT2D eigenvalue weighted by atomic mass is 35.5. The van der Waals surface area contributed by atoms with Gasteiger partial charge in [0.2, 0.25) is 0 Å². The quantitative estimate of drug-likeness (QED) is 0.199.